The fraction of sp³-hybridized carbons (Fsp3) is 0.143. The largest absolute Gasteiger partial charge is 0.507 e. The van der Waals surface area contributed by atoms with Gasteiger partial charge in [0, 0.05) is 5.69 Å². The number of rotatable bonds is 2. The first-order chi connectivity index (χ1) is 8.06. The number of aryl methyl sites for hydroxylation is 2. The molecule has 3 heteroatoms. The lowest BCUT2D eigenvalue weighted by Gasteiger charge is -2.09. The smallest absolute Gasteiger partial charge is 0.128 e. The summed E-state index contributed by atoms with van der Waals surface area (Å²) in [5, 5.41) is 9.66. The number of aromatic hydroxyl groups is 1. The normalized spacial score (nSPS) is 10.2. The maximum atomic E-state index is 9.66. The molecule has 0 aromatic heterocycles. The van der Waals surface area contributed by atoms with Gasteiger partial charge in [0.2, 0.25) is 0 Å². The van der Waals surface area contributed by atoms with Gasteiger partial charge in [-0.2, -0.15) is 0 Å². The summed E-state index contributed by atoms with van der Waals surface area (Å²) in [6, 6.07) is 10.8. The molecule has 17 heavy (non-hydrogen) atoms. The van der Waals surface area contributed by atoms with Gasteiger partial charge < -0.3 is 15.6 Å². The molecule has 2 rings (SSSR count). The molecule has 0 saturated carbocycles. The second-order valence-electron chi connectivity index (χ2n) is 4.08. The topological polar surface area (TPSA) is 55.5 Å². The van der Waals surface area contributed by atoms with Gasteiger partial charge in [-0.1, -0.05) is 0 Å². The third kappa shape index (κ3) is 2.50. The van der Waals surface area contributed by atoms with Crippen molar-refractivity contribution in [2.24, 2.45) is 0 Å². The lowest BCUT2D eigenvalue weighted by Crippen LogP contribution is -1.89. The van der Waals surface area contributed by atoms with Crippen molar-refractivity contribution in [1.82, 2.24) is 0 Å². The zero-order chi connectivity index (χ0) is 12.4. The number of hydrogen-bond acceptors (Lipinski definition) is 3. The van der Waals surface area contributed by atoms with Crippen molar-refractivity contribution in [3.05, 3.63) is 47.5 Å². The van der Waals surface area contributed by atoms with Crippen molar-refractivity contribution in [2.45, 2.75) is 13.8 Å². The van der Waals surface area contributed by atoms with Crippen molar-refractivity contribution >= 4 is 5.69 Å². The third-order valence-electron chi connectivity index (χ3n) is 2.58. The van der Waals surface area contributed by atoms with Gasteiger partial charge in [-0.3, -0.25) is 0 Å². The molecule has 0 heterocycles. The second-order valence-corrected chi connectivity index (χ2v) is 4.08. The Morgan fingerprint density at radius 1 is 0.941 bits per heavy atom. The van der Waals surface area contributed by atoms with E-state index in [-0.39, 0.29) is 0 Å². The van der Waals surface area contributed by atoms with Crippen molar-refractivity contribution in [1.29, 1.82) is 0 Å². The van der Waals surface area contributed by atoms with Gasteiger partial charge in [-0.15, -0.1) is 0 Å². The highest BCUT2D eigenvalue weighted by atomic mass is 16.5. The van der Waals surface area contributed by atoms with E-state index in [1.165, 1.54) is 0 Å². The zero-order valence-electron chi connectivity index (χ0n) is 9.90. The summed E-state index contributed by atoms with van der Waals surface area (Å²) in [6.07, 6.45) is 0. The number of nitrogens with two attached hydrogens (primary N) is 1. The fourth-order valence-electron chi connectivity index (χ4n) is 1.65. The molecular formula is C14H15NO2. The lowest BCUT2D eigenvalue weighted by molar-refractivity contribution is 0.456. The quantitative estimate of drug-likeness (QED) is 0.776. The molecule has 3 nitrogen and oxygen atoms in total. The maximum absolute atomic E-state index is 9.66. The van der Waals surface area contributed by atoms with Crippen molar-refractivity contribution < 1.29 is 9.84 Å². The predicted octanol–water partition coefficient (Wildman–Crippen LogP) is 3.38. The Labute approximate surface area is 100 Å². The van der Waals surface area contributed by atoms with Crippen LogP contribution in [0.3, 0.4) is 0 Å². The molecule has 3 N–H and O–H groups in total. The van der Waals surface area contributed by atoms with E-state index in [2.05, 4.69) is 0 Å². The highest BCUT2D eigenvalue weighted by Crippen LogP contribution is 2.30. The lowest BCUT2D eigenvalue weighted by atomic mass is 10.1. The van der Waals surface area contributed by atoms with E-state index in [1.54, 1.807) is 24.3 Å². The first kappa shape index (κ1) is 11.3. The van der Waals surface area contributed by atoms with Crippen LogP contribution in [0.25, 0.3) is 0 Å². The molecule has 0 amide bonds. The molecule has 0 fully saturated rings. The maximum Gasteiger partial charge on any atom is 0.128 e. The monoisotopic (exact) mass is 229 g/mol. The van der Waals surface area contributed by atoms with E-state index in [0.717, 1.165) is 16.9 Å². The Hall–Kier alpha value is -2.16. The first-order valence-electron chi connectivity index (χ1n) is 5.40. The van der Waals surface area contributed by atoms with Gasteiger partial charge in [-0.05, 0) is 61.4 Å². The van der Waals surface area contributed by atoms with Crippen LogP contribution in [-0.2, 0) is 0 Å². The van der Waals surface area contributed by atoms with Crippen molar-refractivity contribution in [3.8, 4) is 17.2 Å². The van der Waals surface area contributed by atoms with Crippen LogP contribution in [0.5, 0.6) is 17.2 Å². The minimum Gasteiger partial charge on any atom is -0.507 e. The van der Waals surface area contributed by atoms with Crippen LogP contribution in [0.4, 0.5) is 5.69 Å². The van der Waals surface area contributed by atoms with Crippen LogP contribution in [0.1, 0.15) is 11.1 Å². The standard InChI is InChI=1S/C14H15NO2/c1-9-7-13(8-10(2)14(9)16)17-12-5-3-11(15)4-6-12/h3-8,16H,15H2,1-2H3. The number of benzene rings is 2. The molecule has 0 spiro atoms. The van der Waals surface area contributed by atoms with Crippen molar-refractivity contribution in [3.63, 3.8) is 0 Å². The summed E-state index contributed by atoms with van der Waals surface area (Å²) in [4.78, 5) is 0. The third-order valence-corrected chi connectivity index (χ3v) is 2.58. The minimum atomic E-state index is 0.314. The molecule has 0 unspecified atom stereocenters. The Morgan fingerprint density at radius 3 is 2.00 bits per heavy atom. The molecule has 2 aromatic carbocycles. The predicted molar refractivity (Wildman–Crippen MR) is 68.5 cm³/mol. The van der Waals surface area contributed by atoms with Crippen molar-refractivity contribution in [2.75, 3.05) is 5.73 Å². The molecular weight excluding hydrogens is 214 g/mol. The van der Waals surface area contributed by atoms with Gasteiger partial charge in [-0.25, -0.2) is 0 Å². The van der Waals surface area contributed by atoms with Gasteiger partial charge in [0.1, 0.15) is 17.2 Å². The highest BCUT2D eigenvalue weighted by molar-refractivity contribution is 5.47. The van der Waals surface area contributed by atoms with Gasteiger partial charge in [0.05, 0.1) is 0 Å². The summed E-state index contributed by atoms with van der Waals surface area (Å²) in [5.41, 5.74) is 7.91. The van der Waals surface area contributed by atoms with E-state index in [4.69, 9.17) is 10.5 Å². The number of nitrogen functional groups attached to an aromatic ring is 1. The molecule has 0 bridgehead atoms. The number of anilines is 1. The van der Waals surface area contributed by atoms with Crippen LogP contribution >= 0.6 is 0 Å². The van der Waals surface area contributed by atoms with Crippen LogP contribution in [-0.4, -0.2) is 5.11 Å². The Morgan fingerprint density at radius 2 is 1.47 bits per heavy atom. The van der Waals surface area contributed by atoms with Crippen LogP contribution in [0.15, 0.2) is 36.4 Å². The number of phenols is 1. The Kier molecular flexibility index (Phi) is 2.91. The first-order valence-corrected chi connectivity index (χ1v) is 5.40. The molecule has 2 aromatic rings. The summed E-state index contributed by atoms with van der Waals surface area (Å²) < 4.78 is 5.68. The van der Waals surface area contributed by atoms with E-state index < -0.39 is 0 Å². The zero-order valence-corrected chi connectivity index (χ0v) is 9.90. The average molecular weight is 229 g/mol. The van der Waals surface area contributed by atoms with Gasteiger partial charge in [0.15, 0.2) is 0 Å². The molecule has 0 atom stereocenters. The summed E-state index contributed by atoms with van der Waals surface area (Å²) in [5.74, 6) is 1.75. The minimum absolute atomic E-state index is 0.314. The molecule has 88 valence electrons. The van der Waals surface area contributed by atoms with Crippen LogP contribution in [0, 0.1) is 13.8 Å². The number of ether oxygens (including phenoxy) is 1. The number of phenolic OH excluding ortho intramolecular Hbond substituents is 1. The molecule has 0 saturated heterocycles. The molecule has 0 radical (unpaired) electrons. The van der Waals surface area contributed by atoms with Crippen LogP contribution < -0.4 is 10.5 Å². The summed E-state index contributed by atoms with van der Waals surface area (Å²) in [7, 11) is 0. The van der Waals surface area contributed by atoms with E-state index in [9.17, 15) is 5.11 Å². The molecule has 0 aliphatic rings. The Bertz CT molecular complexity index is 509. The second kappa shape index (κ2) is 4.37. The van der Waals surface area contributed by atoms with Crippen LogP contribution in [0.2, 0.25) is 0 Å². The summed E-state index contributed by atoms with van der Waals surface area (Å²) in [6.45, 7) is 3.69. The highest BCUT2D eigenvalue weighted by Gasteiger charge is 2.05. The molecule has 0 aliphatic heterocycles. The van der Waals surface area contributed by atoms with E-state index in [0.29, 0.717) is 17.2 Å². The average Bonchev–Trinajstić information content (AvgIpc) is 2.29. The van der Waals surface area contributed by atoms with E-state index >= 15 is 0 Å². The Balaban J connectivity index is 2.27. The summed E-state index contributed by atoms with van der Waals surface area (Å²) >= 11 is 0. The van der Waals surface area contributed by atoms with Gasteiger partial charge >= 0.3 is 0 Å². The van der Waals surface area contributed by atoms with E-state index in [1.807, 2.05) is 26.0 Å². The number of hydrogen-bond donors (Lipinski definition) is 2. The molecule has 0 aliphatic carbocycles. The SMILES string of the molecule is Cc1cc(Oc2ccc(N)cc2)cc(C)c1O. The fourth-order valence-corrected chi connectivity index (χ4v) is 1.65. The van der Waals surface area contributed by atoms with Gasteiger partial charge in [0.25, 0.3) is 0 Å².